The van der Waals surface area contributed by atoms with Gasteiger partial charge in [0.05, 0.1) is 13.2 Å². The summed E-state index contributed by atoms with van der Waals surface area (Å²) in [5.41, 5.74) is 6.90. The van der Waals surface area contributed by atoms with Gasteiger partial charge in [0.25, 0.3) is 0 Å². The van der Waals surface area contributed by atoms with Crippen molar-refractivity contribution >= 4 is 11.9 Å². The molecule has 0 radical (unpaired) electrons. The van der Waals surface area contributed by atoms with Crippen LogP contribution in [0.4, 0.5) is 13.2 Å². The van der Waals surface area contributed by atoms with E-state index in [1.54, 1.807) is 18.2 Å². The maximum Gasteiger partial charge on any atom is 0.411 e. The molecule has 162 valence electrons. The summed E-state index contributed by atoms with van der Waals surface area (Å²) in [7, 11) is 0. The Morgan fingerprint density at radius 2 is 2.14 bits per heavy atom. The van der Waals surface area contributed by atoms with E-state index < -0.39 is 12.8 Å². The molecule has 0 bridgehead atoms. The lowest BCUT2D eigenvalue weighted by Gasteiger charge is -2.34. The zero-order chi connectivity index (χ0) is 21.3. The van der Waals surface area contributed by atoms with E-state index in [9.17, 15) is 18.0 Å². The number of amides is 1. The molecule has 1 amide bonds. The molecule has 1 aliphatic rings. The number of piperidine rings is 1. The quantitative estimate of drug-likeness (QED) is 0.506. The highest BCUT2D eigenvalue weighted by Crippen LogP contribution is 2.20. The summed E-state index contributed by atoms with van der Waals surface area (Å²) < 4.78 is 41.4. The molecule has 3 N–H and O–H groups in total. The number of nitrogens with one attached hydrogen (secondary N) is 1. The highest BCUT2D eigenvalue weighted by Gasteiger charge is 2.27. The smallest absolute Gasteiger partial charge is 0.370 e. The van der Waals surface area contributed by atoms with Crippen molar-refractivity contribution < 1.29 is 22.7 Å². The van der Waals surface area contributed by atoms with Gasteiger partial charge in [0.15, 0.2) is 5.96 Å². The molecule has 29 heavy (non-hydrogen) atoms. The van der Waals surface area contributed by atoms with Crippen LogP contribution in [0.15, 0.2) is 29.3 Å². The second-order valence-electron chi connectivity index (χ2n) is 7.22. The number of nitrogens with two attached hydrogens (primary N) is 1. The van der Waals surface area contributed by atoms with Gasteiger partial charge in [-0.2, -0.15) is 13.2 Å². The first kappa shape index (κ1) is 23.0. The van der Waals surface area contributed by atoms with Crippen molar-refractivity contribution in [3.05, 3.63) is 35.4 Å². The third kappa shape index (κ3) is 8.72. The fraction of sp³-hybridized carbons (Fsp3) is 0.600. The lowest BCUT2D eigenvalue weighted by Crippen LogP contribution is -2.47. The molecule has 0 aliphatic carbocycles. The molecular formula is C20H29F3N4O2. The number of hydrogen-bond donors (Lipinski definition) is 2. The Hall–Kier alpha value is -2.29. The topological polar surface area (TPSA) is 80.0 Å². The molecule has 1 fully saturated rings. The first-order chi connectivity index (χ1) is 13.8. The summed E-state index contributed by atoms with van der Waals surface area (Å²) in [6.07, 6.45) is -2.02. The second kappa shape index (κ2) is 11.0. The SMILES string of the molecule is CCNC(=NCc1cccc(COCC(F)(F)F)c1)N1CCCC(CC(N)=O)C1. The number of likely N-dealkylation sites (tertiary alicyclic amines) is 1. The van der Waals surface area contributed by atoms with E-state index in [-0.39, 0.29) is 18.4 Å². The number of carbonyl (C=O) groups excluding carboxylic acids is 1. The van der Waals surface area contributed by atoms with Crippen molar-refractivity contribution in [3.63, 3.8) is 0 Å². The predicted molar refractivity (Wildman–Crippen MR) is 105 cm³/mol. The van der Waals surface area contributed by atoms with Crippen LogP contribution >= 0.6 is 0 Å². The minimum atomic E-state index is -4.33. The summed E-state index contributed by atoms with van der Waals surface area (Å²) in [6.45, 7) is 3.30. The normalized spacial score (nSPS) is 18.0. The van der Waals surface area contributed by atoms with Crippen molar-refractivity contribution in [2.75, 3.05) is 26.2 Å². The Morgan fingerprint density at radius 3 is 2.83 bits per heavy atom. The van der Waals surface area contributed by atoms with Crippen LogP contribution in [0, 0.1) is 5.92 Å². The molecule has 2 rings (SSSR count). The molecule has 1 atom stereocenters. The van der Waals surface area contributed by atoms with Crippen LogP contribution in [0.3, 0.4) is 0 Å². The highest BCUT2D eigenvalue weighted by molar-refractivity contribution is 5.80. The number of rotatable bonds is 8. The summed E-state index contributed by atoms with van der Waals surface area (Å²) in [5.74, 6) is 0.697. The average Bonchev–Trinajstić information content (AvgIpc) is 2.64. The first-order valence-electron chi connectivity index (χ1n) is 9.80. The van der Waals surface area contributed by atoms with E-state index in [1.807, 2.05) is 13.0 Å². The minimum absolute atomic E-state index is 0.0992. The van der Waals surface area contributed by atoms with Gasteiger partial charge in [-0.3, -0.25) is 4.79 Å². The number of primary amides is 1. The molecule has 1 aliphatic heterocycles. The van der Waals surface area contributed by atoms with Crippen LogP contribution in [0.5, 0.6) is 0 Å². The molecular weight excluding hydrogens is 385 g/mol. The largest absolute Gasteiger partial charge is 0.411 e. The van der Waals surface area contributed by atoms with Crippen molar-refractivity contribution in [2.45, 2.75) is 45.5 Å². The first-order valence-corrected chi connectivity index (χ1v) is 9.80. The van der Waals surface area contributed by atoms with Crippen molar-refractivity contribution in [1.29, 1.82) is 0 Å². The number of benzene rings is 1. The van der Waals surface area contributed by atoms with Gasteiger partial charge in [0.1, 0.15) is 6.61 Å². The van der Waals surface area contributed by atoms with Gasteiger partial charge < -0.3 is 20.7 Å². The molecule has 0 aromatic heterocycles. The van der Waals surface area contributed by atoms with Gasteiger partial charge in [0, 0.05) is 26.1 Å². The number of guanidine groups is 1. The van der Waals surface area contributed by atoms with Crippen LogP contribution in [-0.4, -0.2) is 49.2 Å². The number of nitrogens with zero attached hydrogens (tertiary/aromatic N) is 2. The summed E-state index contributed by atoms with van der Waals surface area (Å²) >= 11 is 0. The maximum absolute atomic E-state index is 12.2. The van der Waals surface area contributed by atoms with Crippen LogP contribution in [0.1, 0.15) is 37.3 Å². The van der Waals surface area contributed by atoms with Crippen LogP contribution in [-0.2, 0) is 22.7 Å². The molecule has 1 saturated heterocycles. The molecule has 1 unspecified atom stereocenters. The predicted octanol–water partition coefficient (Wildman–Crippen LogP) is 2.82. The second-order valence-corrected chi connectivity index (χ2v) is 7.22. The Labute approximate surface area is 169 Å². The van der Waals surface area contributed by atoms with Crippen LogP contribution in [0.25, 0.3) is 0 Å². The third-order valence-electron chi connectivity index (χ3n) is 4.58. The maximum atomic E-state index is 12.2. The van der Waals surface area contributed by atoms with Crippen molar-refractivity contribution in [1.82, 2.24) is 10.2 Å². The summed E-state index contributed by atoms with van der Waals surface area (Å²) in [4.78, 5) is 18.0. The zero-order valence-electron chi connectivity index (χ0n) is 16.7. The average molecular weight is 414 g/mol. The summed E-state index contributed by atoms with van der Waals surface area (Å²) in [5, 5.41) is 3.27. The van der Waals surface area contributed by atoms with Gasteiger partial charge in [0.2, 0.25) is 5.91 Å². The summed E-state index contributed by atoms with van der Waals surface area (Å²) in [6, 6.07) is 7.20. The van der Waals surface area contributed by atoms with Crippen LogP contribution < -0.4 is 11.1 Å². The standard InChI is InChI=1S/C20H29F3N4O2/c1-2-25-19(27-8-4-7-16(12-27)10-18(24)28)26-11-15-5-3-6-17(9-15)13-29-14-20(21,22)23/h3,5-6,9,16H,2,4,7-8,10-14H2,1H3,(H2,24,28)(H,25,26). The number of carbonyl (C=O) groups is 1. The third-order valence-corrected chi connectivity index (χ3v) is 4.58. The number of aliphatic imine (C=N–C) groups is 1. The van der Waals surface area contributed by atoms with Crippen molar-refractivity contribution in [3.8, 4) is 0 Å². The van der Waals surface area contributed by atoms with Gasteiger partial charge in [-0.15, -0.1) is 0 Å². The van der Waals surface area contributed by atoms with E-state index in [0.717, 1.165) is 37.5 Å². The lowest BCUT2D eigenvalue weighted by molar-refractivity contribution is -0.176. The lowest BCUT2D eigenvalue weighted by atomic mass is 9.95. The monoisotopic (exact) mass is 414 g/mol. The van der Waals surface area contributed by atoms with Crippen LogP contribution in [0.2, 0.25) is 0 Å². The molecule has 6 nitrogen and oxygen atoms in total. The highest BCUT2D eigenvalue weighted by atomic mass is 19.4. The van der Waals surface area contributed by atoms with E-state index in [4.69, 9.17) is 10.5 Å². The Bertz CT molecular complexity index is 695. The number of ether oxygens (including phenoxy) is 1. The van der Waals surface area contributed by atoms with Crippen molar-refractivity contribution in [2.24, 2.45) is 16.6 Å². The molecule has 1 aromatic carbocycles. The van der Waals surface area contributed by atoms with Gasteiger partial charge in [-0.1, -0.05) is 24.3 Å². The Morgan fingerprint density at radius 1 is 1.38 bits per heavy atom. The Kier molecular flexibility index (Phi) is 8.75. The number of hydrogen-bond acceptors (Lipinski definition) is 3. The number of alkyl halides is 3. The minimum Gasteiger partial charge on any atom is -0.370 e. The van der Waals surface area contributed by atoms with Gasteiger partial charge in [-0.25, -0.2) is 4.99 Å². The molecule has 0 spiro atoms. The molecule has 1 heterocycles. The molecule has 9 heteroatoms. The fourth-order valence-corrected chi connectivity index (χ4v) is 3.40. The van der Waals surface area contributed by atoms with Gasteiger partial charge in [-0.05, 0) is 36.8 Å². The zero-order valence-corrected chi connectivity index (χ0v) is 16.7. The molecule has 0 saturated carbocycles. The van der Waals surface area contributed by atoms with Gasteiger partial charge >= 0.3 is 6.18 Å². The fourth-order valence-electron chi connectivity index (χ4n) is 3.40. The molecule has 1 aromatic rings. The van der Waals surface area contributed by atoms with E-state index >= 15 is 0 Å². The van der Waals surface area contributed by atoms with E-state index in [2.05, 4.69) is 15.2 Å². The Balaban J connectivity index is 1.98. The number of halogens is 3. The van der Waals surface area contributed by atoms with E-state index in [1.165, 1.54) is 0 Å². The van der Waals surface area contributed by atoms with E-state index in [0.29, 0.717) is 25.1 Å².